The van der Waals surface area contributed by atoms with Crippen LogP contribution < -0.4 is 15.4 Å². The molecule has 1 aromatic rings. The number of hydrogen-bond donors (Lipinski definition) is 2. The Morgan fingerprint density at radius 2 is 1.89 bits per heavy atom. The second kappa shape index (κ2) is 6.24. The lowest BCUT2D eigenvalue weighted by Gasteiger charge is -2.25. The van der Waals surface area contributed by atoms with Gasteiger partial charge in [-0.2, -0.15) is 0 Å². The molecule has 0 heterocycles. The summed E-state index contributed by atoms with van der Waals surface area (Å²) < 4.78 is 5.19. The quantitative estimate of drug-likeness (QED) is 0.811. The number of rotatable bonds is 5. The van der Waals surface area contributed by atoms with E-state index in [-0.39, 0.29) is 6.04 Å². The van der Waals surface area contributed by atoms with Crippen molar-refractivity contribution in [3.05, 3.63) is 29.8 Å². The Balaban J connectivity index is 2.02. The van der Waals surface area contributed by atoms with Crippen molar-refractivity contribution >= 4 is 17.3 Å². The fourth-order valence-corrected chi connectivity index (χ4v) is 2.34. The van der Waals surface area contributed by atoms with Gasteiger partial charge in [-0.3, -0.25) is 0 Å². The lowest BCUT2D eigenvalue weighted by Crippen LogP contribution is -2.40. The predicted octanol–water partition coefficient (Wildman–Crippen LogP) is 3.02. The molecule has 0 bridgehead atoms. The topological polar surface area (TPSA) is 33.3 Å². The van der Waals surface area contributed by atoms with E-state index in [0.717, 1.165) is 10.9 Å². The van der Waals surface area contributed by atoms with E-state index in [9.17, 15) is 0 Å². The fraction of sp³-hybridized carbons (Fsp3) is 0.533. The van der Waals surface area contributed by atoms with E-state index in [1.54, 1.807) is 7.11 Å². The summed E-state index contributed by atoms with van der Waals surface area (Å²) in [5.74, 6) is 1.34. The van der Waals surface area contributed by atoms with Crippen molar-refractivity contribution in [3.8, 4) is 5.75 Å². The SMILES string of the molecule is COc1ccc([C@H](NC(=S)NC2CC2)C(C)C)cc1. The first kappa shape index (κ1) is 14.1. The minimum atomic E-state index is 0.227. The molecule has 0 unspecified atom stereocenters. The van der Waals surface area contributed by atoms with E-state index in [0.29, 0.717) is 12.0 Å². The zero-order valence-corrected chi connectivity index (χ0v) is 12.6. The minimum Gasteiger partial charge on any atom is -0.497 e. The van der Waals surface area contributed by atoms with Gasteiger partial charge in [-0.1, -0.05) is 26.0 Å². The monoisotopic (exact) mass is 278 g/mol. The second-order valence-corrected chi connectivity index (χ2v) is 5.80. The molecule has 0 amide bonds. The van der Waals surface area contributed by atoms with Crippen LogP contribution in [0.1, 0.15) is 38.3 Å². The molecule has 1 aliphatic carbocycles. The molecule has 0 radical (unpaired) electrons. The maximum atomic E-state index is 5.37. The van der Waals surface area contributed by atoms with Gasteiger partial charge in [-0.05, 0) is 48.7 Å². The highest BCUT2D eigenvalue weighted by molar-refractivity contribution is 7.80. The highest BCUT2D eigenvalue weighted by atomic mass is 32.1. The summed E-state index contributed by atoms with van der Waals surface area (Å²) in [6.45, 7) is 4.39. The van der Waals surface area contributed by atoms with Gasteiger partial charge < -0.3 is 15.4 Å². The van der Waals surface area contributed by atoms with E-state index in [4.69, 9.17) is 17.0 Å². The maximum Gasteiger partial charge on any atom is 0.167 e. The van der Waals surface area contributed by atoms with Gasteiger partial charge in [-0.25, -0.2) is 0 Å². The third kappa shape index (κ3) is 4.10. The predicted molar refractivity (Wildman–Crippen MR) is 82.5 cm³/mol. The largest absolute Gasteiger partial charge is 0.497 e. The van der Waals surface area contributed by atoms with Gasteiger partial charge in [0.15, 0.2) is 5.11 Å². The molecule has 0 saturated heterocycles. The van der Waals surface area contributed by atoms with Gasteiger partial charge in [0.25, 0.3) is 0 Å². The van der Waals surface area contributed by atoms with Gasteiger partial charge in [-0.15, -0.1) is 0 Å². The molecule has 3 nitrogen and oxygen atoms in total. The number of nitrogens with one attached hydrogen (secondary N) is 2. The van der Waals surface area contributed by atoms with Crippen molar-refractivity contribution in [3.63, 3.8) is 0 Å². The molecule has 2 rings (SSSR count). The van der Waals surface area contributed by atoms with E-state index in [1.165, 1.54) is 18.4 Å². The van der Waals surface area contributed by atoms with Crippen molar-refractivity contribution in [1.82, 2.24) is 10.6 Å². The van der Waals surface area contributed by atoms with Gasteiger partial charge in [0, 0.05) is 6.04 Å². The van der Waals surface area contributed by atoms with Gasteiger partial charge >= 0.3 is 0 Å². The molecule has 2 N–H and O–H groups in total. The molecule has 0 aromatic heterocycles. The number of thiocarbonyl (C=S) groups is 1. The van der Waals surface area contributed by atoms with Crippen LogP contribution in [0.4, 0.5) is 0 Å². The molecule has 1 saturated carbocycles. The smallest absolute Gasteiger partial charge is 0.167 e. The van der Waals surface area contributed by atoms with Crippen molar-refractivity contribution in [2.75, 3.05) is 7.11 Å². The molecule has 1 atom stereocenters. The number of ether oxygens (including phenoxy) is 1. The van der Waals surface area contributed by atoms with Gasteiger partial charge in [0.2, 0.25) is 0 Å². The lowest BCUT2D eigenvalue weighted by atomic mass is 9.96. The lowest BCUT2D eigenvalue weighted by molar-refractivity contribution is 0.413. The van der Waals surface area contributed by atoms with Crippen LogP contribution in [0.25, 0.3) is 0 Å². The average molecular weight is 278 g/mol. The molecule has 1 aromatic carbocycles. The Hall–Kier alpha value is -1.29. The van der Waals surface area contributed by atoms with Crippen LogP contribution in [0, 0.1) is 5.92 Å². The Kier molecular flexibility index (Phi) is 4.64. The van der Waals surface area contributed by atoms with E-state index in [2.05, 4.69) is 36.6 Å². The molecule has 104 valence electrons. The zero-order chi connectivity index (χ0) is 13.8. The number of methoxy groups -OCH3 is 1. The first-order valence-corrected chi connectivity index (χ1v) is 7.22. The highest BCUT2D eigenvalue weighted by Gasteiger charge is 2.23. The Morgan fingerprint density at radius 1 is 1.26 bits per heavy atom. The normalized spacial score (nSPS) is 16.0. The summed E-state index contributed by atoms with van der Waals surface area (Å²) >= 11 is 5.37. The zero-order valence-electron chi connectivity index (χ0n) is 11.8. The summed E-state index contributed by atoms with van der Waals surface area (Å²) in [7, 11) is 1.68. The summed E-state index contributed by atoms with van der Waals surface area (Å²) in [5, 5.41) is 7.51. The van der Waals surface area contributed by atoms with Crippen LogP contribution in [0.5, 0.6) is 5.75 Å². The molecule has 4 heteroatoms. The molecular weight excluding hydrogens is 256 g/mol. The average Bonchev–Trinajstić information content (AvgIpc) is 3.20. The molecule has 0 aliphatic heterocycles. The van der Waals surface area contributed by atoms with Crippen LogP contribution in [0.2, 0.25) is 0 Å². The van der Waals surface area contributed by atoms with Crippen LogP contribution in [-0.4, -0.2) is 18.3 Å². The van der Waals surface area contributed by atoms with Gasteiger partial charge in [0.05, 0.1) is 13.2 Å². The maximum absolute atomic E-state index is 5.37. The summed E-state index contributed by atoms with van der Waals surface area (Å²) in [6.07, 6.45) is 2.47. The third-order valence-corrected chi connectivity index (χ3v) is 3.58. The number of hydrogen-bond acceptors (Lipinski definition) is 2. The van der Waals surface area contributed by atoms with Crippen molar-refractivity contribution in [2.24, 2.45) is 5.92 Å². The Bertz CT molecular complexity index is 426. The van der Waals surface area contributed by atoms with Crippen LogP contribution >= 0.6 is 12.2 Å². The molecule has 19 heavy (non-hydrogen) atoms. The van der Waals surface area contributed by atoms with E-state index < -0.39 is 0 Å². The first-order chi connectivity index (χ1) is 9.10. The first-order valence-electron chi connectivity index (χ1n) is 6.81. The Labute approximate surface area is 120 Å². The summed E-state index contributed by atoms with van der Waals surface area (Å²) in [4.78, 5) is 0. The highest BCUT2D eigenvalue weighted by Crippen LogP contribution is 2.24. The number of benzene rings is 1. The van der Waals surface area contributed by atoms with Crippen LogP contribution in [0.3, 0.4) is 0 Å². The fourth-order valence-electron chi connectivity index (χ4n) is 2.04. The van der Waals surface area contributed by atoms with Crippen molar-refractivity contribution < 1.29 is 4.74 Å². The molecule has 1 aliphatic rings. The summed E-state index contributed by atoms with van der Waals surface area (Å²) in [6, 6.07) is 8.98. The molecular formula is C15H22N2OS. The molecule has 1 fully saturated rings. The third-order valence-electron chi connectivity index (χ3n) is 3.34. The van der Waals surface area contributed by atoms with Crippen molar-refractivity contribution in [1.29, 1.82) is 0 Å². The summed E-state index contributed by atoms with van der Waals surface area (Å²) in [5.41, 5.74) is 1.23. The van der Waals surface area contributed by atoms with Crippen LogP contribution in [0.15, 0.2) is 24.3 Å². The van der Waals surface area contributed by atoms with Gasteiger partial charge in [0.1, 0.15) is 5.75 Å². The Morgan fingerprint density at radius 3 is 2.37 bits per heavy atom. The van der Waals surface area contributed by atoms with E-state index >= 15 is 0 Å². The molecule has 0 spiro atoms. The van der Waals surface area contributed by atoms with Crippen LogP contribution in [-0.2, 0) is 0 Å². The minimum absolute atomic E-state index is 0.227. The standard InChI is InChI=1S/C15H22N2OS/c1-10(2)14(17-15(19)16-12-6-7-12)11-4-8-13(18-3)9-5-11/h4-5,8-10,12,14H,6-7H2,1-3H3,(H2,16,17,19)/t14-/m1/s1. The van der Waals surface area contributed by atoms with E-state index in [1.807, 2.05) is 12.1 Å². The van der Waals surface area contributed by atoms with Crippen molar-refractivity contribution in [2.45, 2.75) is 38.8 Å². The second-order valence-electron chi connectivity index (χ2n) is 5.39.